The number of amides is 1. The maximum absolute atomic E-state index is 12.6. The van der Waals surface area contributed by atoms with Crippen LogP contribution in [0, 0.1) is 6.92 Å². The molecule has 0 bridgehead atoms. The van der Waals surface area contributed by atoms with E-state index in [0.717, 1.165) is 42.0 Å². The van der Waals surface area contributed by atoms with E-state index in [9.17, 15) is 22.8 Å². The van der Waals surface area contributed by atoms with E-state index in [-0.39, 0.29) is 11.6 Å². The van der Waals surface area contributed by atoms with Gasteiger partial charge in [-0.05, 0) is 49.4 Å². The second kappa shape index (κ2) is 6.38. The van der Waals surface area contributed by atoms with E-state index in [1.54, 1.807) is 4.98 Å². The van der Waals surface area contributed by atoms with Crippen LogP contribution in [0.25, 0.3) is 0 Å². The number of carbonyl (C=O) groups excluding carboxylic acids is 1. The first-order valence-corrected chi connectivity index (χ1v) is 7.96. The number of hydrogen-bond donors (Lipinski definition) is 2. The van der Waals surface area contributed by atoms with Crippen LogP contribution < -0.4 is 10.9 Å². The van der Waals surface area contributed by atoms with Gasteiger partial charge in [-0.3, -0.25) is 9.59 Å². The maximum Gasteiger partial charge on any atom is 0.431 e. The molecule has 1 aromatic heterocycles. The molecule has 132 valence electrons. The van der Waals surface area contributed by atoms with Gasteiger partial charge in [-0.25, -0.2) is 0 Å². The molecule has 0 saturated heterocycles. The Balaban J connectivity index is 1.84. The molecule has 1 aliphatic carbocycles. The van der Waals surface area contributed by atoms with Crippen LogP contribution in [0.4, 0.5) is 13.2 Å². The number of aromatic amines is 1. The summed E-state index contributed by atoms with van der Waals surface area (Å²) in [4.78, 5) is 25.9. The summed E-state index contributed by atoms with van der Waals surface area (Å²) >= 11 is 0. The molecule has 2 aromatic rings. The first-order chi connectivity index (χ1) is 11.8. The predicted molar refractivity (Wildman–Crippen MR) is 86.4 cm³/mol. The standard InChI is InChI=1S/C18H17F3N2O2/c1-10-5-6-12-11(9-10)3-2-4-14(12)22-16(24)13-7-8-15(18(19,20)21)23-17(13)25/h5-9,14H,2-4H2,1H3,(H,22,24)(H,23,25). The van der Waals surface area contributed by atoms with Crippen molar-refractivity contribution >= 4 is 5.91 Å². The molecule has 0 saturated carbocycles. The predicted octanol–water partition coefficient (Wildman–Crippen LogP) is 3.51. The normalized spacial score (nSPS) is 17.0. The van der Waals surface area contributed by atoms with E-state index in [4.69, 9.17) is 0 Å². The van der Waals surface area contributed by atoms with Crippen LogP contribution in [0.5, 0.6) is 0 Å². The van der Waals surface area contributed by atoms with Crippen molar-refractivity contribution < 1.29 is 18.0 Å². The van der Waals surface area contributed by atoms with Gasteiger partial charge in [-0.1, -0.05) is 23.8 Å². The topological polar surface area (TPSA) is 62.0 Å². The highest BCUT2D eigenvalue weighted by molar-refractivity contribution is 5.94. The van der Waals surface area contributed by atoms with Crippen LogP contribution in [-0.4, -0.2) is 10.9 Å². The highest BCUT2D eigenvalue weighted by atomic mass is 19.4. The number of fused-ring (bicyclic) bond motifs is 1. The Kier molecular flexibility index (Phi) is 4.41. The third-order valence-electron chi connectivity index (χ3n) is 4.38. The fourth-order valence-corrected chi connectivity index (χ4v) is 3.15. The third kappa shape index (κ3) is 3.60. The number of H-pyrrole nitrogens is 1. The van der Waals surface area contributed by atoms with Gasteiger partial charge in [0.1, 0.15) is 11.3 Å². The number of alkyl halides is 3. The highest BCUT2D eigenvalue weighted by Gasteiger charge is 2.32. The molecule has 0 aliphatic heterocycles. The lowest BCUT2D eigenvalue weighted by atomic mass is 9.86. The Hall–Kier alpha value is -2.57. The fraction of sp³-hybridized carbons (Fsp3) is 0.333. The molecule has 1 heterocycles. The molecule has 3 rings (SSSR count). The number of nitrogens with one attached hydrogen (secondary N) is 2. The van der Waals surface area contributed by atoms with Gasteiger partial charge in [0.2, 0.25) is 0 Å². The molecule has 4 nitrogen and oxygen atoms in total. The van der Waals surface area contributed by atoms with Crippen LogP contribution in [-0.2, 0) is 12.6 Å². The molecular formula is C18H17F3N2O2. The van der Waals surface area contributed by atoms with Gasteiger partial charge in [0, 0.05) is 0 Å². The van der Waals surface area contributed by atoms with Crippen LogP contribution in [0.15, 0.2) is 35.1 Å². The quantitative estimate of drug-likeness (QED) is 0.871. The van der Waals surface area contributed by atoms with Crippen molar-refractivity contribution in [1.29, 1.82) is 0 Å². The lowest BCUT2D eigenvalue weighted by molar-refractivity contribution is -0.141. The minimum atomic E-state index is -4.66. The first-order valence-electron chi connectivity index (χ1n) is 7.96. The molecule has 1 unspecified atom stereocenters. The summed E-state index contributed by atoms with van der Waals surface area (Å²) in [5.74, 6) is -0.673. The minimum absolute atomic E-state index is 0.251. The number of aromatic nitrogens is 1. The average molecular weight is 350 g/mol. The number of halogens is 3. The van der Waals surface area contributed by atoms with Crippen LogP contribution >= 0.6 is 0 Å². The summed E-state index contributed by atoms with van der Waals surface area (Å²) in [6.45, 7) is 1.99. The minimum Gasteiger partial charge on any atom is -0.345 e. The van der Waals surface area contributed by atoms with Crippen molar-refractivity contribution in [3.8, 4) is 0 Å². The fourth-order valence-electron chi connectivity index (χ4n) is 3.15. The zero-order valence-corrected chi connectivity index (χ0v) is 13.5. The van der Waals surface area contributed by atoms with Crippen molar-refractivity contribution in [3.63, 3.8) is 0 Å². The second-order valence-electron chi connectivity index (χ2n) is 6.23. The molecule has 2 N–H and O–H groups in total. The Morgan fingerprint density at radius 3 is 2.68 bits per heavy atom. The van der Waals surface area contributed by atoms with Gasteiger partial charge in [0.25, 0.3) is 11.5 Å². The largest absolute Gasteiger partial charge is 0.431 e. The molecule has 1 atom stereocenters. The van der Waals surface area contributed by atoms with Gasteiger partial charge in [-0.15, -0.1) is 0 Å². The van der Waals surface area contributed by atoms with Crippen LogP contribution in [0.1, 0.15) is 51.6 Å². The van der Waals surface area contributed by atoms with Crippen molar-refractivity contribution in [3.05, 3.63) is 68.6 Å². The third-order valence-corrected chi connectivity index (χ3v) is 4.38. The number of benzene rings is 1. The molecule has 1 aliphatic rings. The van der Waals surface area contributed by atoms with Gasteiger partial charge in [-0.2, -0.15) is 13.2 Å². The van der Waals surface area contributed by atoms with Gasteiger partial charge in [0.15, 0.2) is 0 Å². The second-order valence-corrected chi connectivity index (χ2v) is 6.23. The van der Waals surface area contributed by atoms with Gasteiger partial charge >= 0.3 is 6.18 Å². The number of aryl methyl sites for hydroxylation is 2. The van der Waals surface area contributed by atoms with Crippen molar-refractivity contribution in [1.82, 2.24) is 10.3 Å². The monoisotopic (exact) mass is 350 g/mol. The van der Waals surface area contributed by atoms with E-state index < -0.39 is 23.3 Å². The lowest BCUT2D eigenvalue weighted by Gasteiger charge is -2.26. The maximum atomic E-state index is 12.6. The number of hydrogen-bond acceptors (Lipinski definition) is 2. The number of rotatable bonds is 2. The van der Waals surface area contributed by atoms with Gasteiger partial charge in [0.05, 0.1) is 6.04 Å². The molecule has 1 amide bonds. The summed E-state index contributed by atoms with van der Waals surface area (Å²) in [7, 11) is 0. The first kappa shape index (κ1) is 17.3. The zero-order chi connectivity index (χ0) is 18.2. The Bertz CT molecular complexity index is 871. The van der Waals surface area contributed by atoms with E-state index in [0.29, 0.717) is 6.07 Å². The number of carbonyl (C=O) groups is 1. The number of pyridine rings is 1. The van der Waals surface area contributed by atoms with E-state index >= 15 is 0 Å². The van der Waals surface area contributed by atoms with Crippen LogP contribution in [0.3, 0.4) is 0 Å². The van der Waals surface area contributed by atoms with E-state index in [1.165, 1.54) is 0 Å². The molecule has 1 aromatic carbocycles. The van der Waals surface area contributed by atoms with Crippen molar-refractivity contribution in [2.75, 3.05) is 0 Å². The Morgan fingerprint density at radius 2 is 2.00 bits per heavy atom. The smallest absolute Gasteiger partial charge is 0.345 e. The summed E-state index contributed by atoms with van der Waals surface area (Å²) in [6, 6.07) is 7.33. The molecule has 0 spiro atoms. The molecular weight excluding hydrogens is 333 g/mol. The van der Waals surface area contributed by atoms with Crippen molar-refractivity contribution in [2.45, 2.75) is 38.4 Å². The molecule has 0 radical (unpaired) electrons. The van der Waals surface area contributed by atoms with E-state index in [2.05, 4.69) is 11.4 Å². The SMILES string of the molecule is Cc1ccc2c(c1)CCCC2NC(=O)c1ccc(C(F)(F)F)[nH]c1=O. The van der Waals surface area contributed by atoms with Crippen molar-refractivity contribution in [2.24, 2.45) is 0 Å². The summed E-state index contributed by atoms with van der Waals surface area (Å²) in [5, 5.41) is 2.77. The Labute approximate surface area is 142 Å². The molecule has 25 heavy (non-hydrogen) atoms. The summed E-state index contributed by atoms with van der Waals surface area (Å²) < 4.78 is 37.8. The zero-order valence-electron chi connectivity index (χ0n) is 13.5. The Morgan fingerprint density at radius 1 is 1.24 bits per heavy atom. The summed E-state index contributed by atoms with van der Waals surface area (Å²) in [5.41, 5.74) is 0.725. The highest BCUT2D eigenvalue weighted by Crippen LogP contribution is 2.30. The van der Waals surface area contributed by atoms with Gasteiger partial charge < -0.3 is 10.3 Å². The molecule has 7 heteroatoms. The molecule has 0 fully saturated rings. The average Bonchev–Trinajstić information content (AvgIpc) is 2.53. The van der Waals surface area contributed by atoms with E-state index in [1.807, 2.05) is 19.1 Å². The van der Waals surface area contributed by atoms with Crippen LogP contribution in [0.2, 0.25) is 0 Å². The summed E-state index contributed by atoms with van der Waals surface area (Å²) in [6.07, 6.45) is -2.12. The lowest BCUT2D eigenvalue weighted by Crippen LogP contribution is -2.35.